The van der Waals surface area contributed by atoms with Gasteiger partial charge in [0.25, 0.3) is 5.91 Å². The summed E-state index contributed by atoms with van der Waals surface area (Å²) >= 11 is 0. The molecular weight excluding hydrogens is 374 g/mol. The van der Waals surface area contributed by atoms with Crippen LogP contribution in [0.1, 0.15) is 23.2 Å². The number of anilines is 1. The van der Waals surface area contributed by atoms with Crippen molar-refractivity contribution in [2.24, 2.45) is 0 Å². The number of carbonyl (C=O) groups is 2. The average molecular weight is 399 g/mol. The first kappa shape index (κ1) is 21.1. The summed E-state index contributed by atoms with van der Waals surface area (Å²) in [7, 11) is -0.830. The van der Waals surface area contributed by atoms with Gasteiger partial charge in [-0.25, -0.2) is 12.7 Å². The number of benzene rings is 1. The molecule has 9 nitrogen and oxygen atoms in total. The maximum Gasteiger partial charge on any atom is 0.303 e. The average Bonchev–Trinajstić information content (AvgIpc) is 2.65. The minimum atomic E-state index is -3.68. The van der Waals surface area contributed by atoms with Crippen molar-refractivity contribution in [1.29, 1.82) is 0 Å². The molecule has 0 aliphatic carbocycles. The molecule has 1 fully saturated rings. The van der Waals surface area contributed by atoms with Gasteiger partial charge in [0.05, 0.1) is 23.7 Å². The molecular formula is C17H25N3O6S. The van der Waals surface area contributed by atoms with Crippen LogP contribution in [0.5, 0.6) is 0 Å². The molecule has 0 unspecified atom stereocenters. The highest BCUT2D eigenvalue weighted by atomic mass is 32.2. The van der Waals surface area contributed by atoms with Crippen LogP contribution in [0, 0.1) is 0 Å². The van der Waals surface area contributed by atoms with E-state index in [-0.39, 0.29) is 23.4 Å². The third kappa shape index (κ3) is 5.41. The topological polar surface area (TPSA) is 116 Å². The highest BCUT2D eigenvalue weighted by molar-refractivity contribution is 7.89. The Hall–Kier alpha value is -2.17. The second kappa shape index (κ2) is 9.16. The molecule has 0 radical (unpaired) electrons. The first-order valence-electron chi connectivity index (χ1n) is 8.62. The van der Waals surface area contributed by atoms with Crippen molar-refractivity contribution < 1.29 is 27.9 Å². The number of sulfonamides is 1. The van der Waals surface area contributed by atoms with Gasteiger partial charge in [0, 0.05) is 45.8 Å². The van der Waals surface area contributed by atoms with Crippen LogP contribution in [0.4, 0.5) is 5.69 Å². The van der Waals surface area contributed by atoms with Gasteiger partial charge in [0.2, 0.25) is 10.0 Å². The van der Waals surface area contributed by atoms with Crippen molar-refractivity contribution in [3.63, 3.8) is 0 Å². The number of carbonyl (C=O) groups excluding carboxylic acids is 1. The standard InChI is InChI=1S/C17H25N3O6S/c1-19(2)27(24,25)13-5-6-15(20-8-10-26-11-9-20)14(12-13)17(23)18-7-3-4-16(21)22/h5-6,12H,3-4,7-11H2,1-2H3,(H,18,23)(H,21,22). The first-order valence-corrected chi connectivity index (χ1v) is 10.1. The van der Waals surface area contributed by atoms with E-state index in [2.05, 4.69) is 5.32 Å². The Balaban J connectivity index is 2.30. The van der Waals surface area contributed by atoms with E-state index >= 15 is 0 Å². The van der Waals surface area contributed by atoms with Gasteiger partial charge in [-0.1, -0.05) is 0 Å². The van der Waals surface area contributed by atoms with Gasteiger partial charge in [0.15, 0.2) is 0 Å². The summed E-state index contributed by atoms with van der Waals surface area (Å²) in [5.74, 6) is -1.37. The monoisotopic (exact) mass is 399 g/mol. The fraction of sp³-hybridized carbons (Fsp3) is 0.529. The fourth-order valence-corrected chi connectivity index (χ4v) is 3.61. The van der Waals surface area contributed by atoms with Crippen LogP contribution in [-0.4, -0.2) is 76.6 Å². The molecule has 1 aliphatic rings. The number of hydrogen-bond donors (Lipinski definition) is 2. The molecule has 27 heavy (non-hydrogen) atoms. The molecule has 0 atom stereocenters. The van der Waals surface area contributed by atoms with Crippen LogP contribution in [0.25, 0.3) is 0 Å². The number of carboxylic acid groups (broad SMARTS) is 1. The Labute approximate surface area is 159 Å². The van der Waals surface area contributed by atoms with Gasteiger partial charge in [0.1, 0.15) is 0 Å². The summed E-state index contributed by atoms with van der Waals surface area (Å²) in [6.07, 6.45) is 0.245. The Kier molecular flexibility index (Phi) is 7.17. The molecule has 1 aromatic carbocycles. The lowest BCUT2D eigenvalue weighted by molar-refractivity contribution is -0.137. The summed E-state index contributed by atoms with van der Waals surface area (Å²) in [6, 6.07) is 4.49. The molecule has 1 aromatic rings. The minimum absolute atomic E-state index is 0.0280. The largest absolute Gasteiger partial charge is 0.481 e. The van der Waals surface area contributed by atoms with Gasteiger partial charge in [-0.2, -0.15) is 0 Å². The number of morpholine rings is 1. The Morgan fingerprint density at radius 1 is 1.26 bits per heavy atom. The second-order valence-electron chi connectivity index (χ2n) is 6.32. The first-order chi connectivity index (χ1) is 12.7. The molecule has 1 amide bonds. The smallest absolute Gasteiger partial charge is 0.303 e. The van der Waals surface area contributed by atoms with Crippen LogP contribution >= 0.6 is 0 Å². The molecule has 1 saturated heterocycles. The highest BCUT2D eigenvalue weighted by Gasteiger charge is 2.24. The number of ether oxygens (including phenoxy) is 1. The fourth-order valence-electron chi connectivity index (χ4n) is 2.69. The summed E-state index contributed by atoms with van der Waals surface area (Å²) in [4.78, 5) is 25.3. The molecule has 0 spiro atoms. The molecule has 0 saturated carbocycles. The van der Waals surface area contributed by atoms with E-state index in [1.54, 1.807) is 6.07 Å². The zero-order chi connectivity index (χ0) is 20.0. The second-order valence-corrected chi connectivity index (χ2v) is 8.47. The Morgan fingerprint density at radius 2 is 1.93 bits per heavy atom. The lowest BCUT2D eigenvalue weighted by Gasteiger charge is -2.30. The SMILES string of the molecule is CN(C)S(=O)(=O)c1ccc(N2CCOCC2)c(C(=O)NCCCC(=O)O)c1. The third-order valence-electron chi connectivity index (χ3n) is 4.20. The third-order valence-corrected chi connectivity index (χ3v) is 6.01. The van der Waals surface area contributed by atoms with Crippen molar-refractivity contribution >= 4 is 27.6 Å². The molecule has 1 aliphatic heterocycles. The number of nitrogens with one attached hydrogen (secondary N) is 1. The van der Waals surface area contributed by atoms with Crippen LogP contribution in [0.2, 0.25) is 0 Å². The molecule has 0 aromatic heterocycles. The maximum absolute atomic E-state index is 12.7. The zero-order valence-electron chi connectivity index (χ0n) is 15.5. The van der Waals surface area contributed by atoms with Crippen molar-refractivity contribution in [3.8, 4) is 0 Å². The van der Waals surface area contributed by atoms with E-state index in [1.807, 2.05) is 4.90 Å². The van der Waals surface area contributed by atoms with E-state index in [9.17, 15) is 18.0 Å². The van der Waals surface area contributed by atoms with Crippen LogP contribution in [0.3, 0.4) is 0 Å². The predicted molar refractivity (Wildman–Crippen MR) is 99.5 cm³/mol. The Bertz CT molecular complexity index is 788. The number of aliphatic carboxylic acids is 1. The zero-order valence-corrected chi connectivity index (χ0v) is 16.3. The lowest BCUT2D eigenvalue weighted by Crippen LogP contribution is -2.38. The number of hydrogen-bond acceptors (Lipinski definition) is 6. The van der Waals surface area contributed by atoms with Gasteiger partial charge >= 0.3 is 5.97 Å². The van der Waals surface area contributed by atoms with E-state index in [0.717, 1.165) is 4.31 Å². The molecule has 2 N–H and O–H groups in total. The van der Waals surface area contributed by atoms with Crippen LogP contribution in [-0.2, 0) is 19.6 Å². The summed E-state index contributed by atoms with van der Waals surface area (Å²) in [6.45, 7) is 2.44. The normalized spacial score (nSPS) is 15.0. The summed E-state index contributed by atoms with van der Waals surface area (Å²) in [5, 5.41) is 11.4. The predicted octanol–water partition coefficient (Wildman–Crippen LogP) is 0.368. The van der Waals surface area contributed by atoms with Crippen molar-refractivity contribution in [1.82, 2.24) is 9.62 Å². The number of amides is 1. The van der Waals surface area contributed by atoms with Crippen molar-refractivity contribution in [3.05, 3.63) is 23.8 Å². The van der Waals surface area contributed by atoms with E-state index in [0.29, 0.717) is 38.4 Å². The lowest BCUT2D eigenvalue weighted by atomic mass is 10.1. The summed E-state index contributed by atoms with van der Waals surface area (Å²) in [5.41, 5.74) is 0.877. The number of nitrogens with zero attached hydrogens (tertiary/aromatic N) is 2. The minimum Gasteiger partial charge on any atom is -0.481 e. The highest BCUT2D eigenvalue weighted by Crippen LogP contribution is 2.26. The maximum atomic E-state index is 12.7. The molecule has 2 rings (SSSR count). The van der Waals surface area contributed by atoms with E-state index in [4.69, 9.17) is 9.84 Å². The number of rotatable bonds is 8. The van der Waals surface area contributed by atoms with Crippen molar-refractivity contribution in [2.45, 2.75) is 17.7 Å². The molecule has 1 heterocycles. The molecule has 10 heteroatoms. The summed E-state index contributed by atoms with van der Waals surface area (Å²) < 4.78 is 31.3. The Morgan fingerprint density at radius 3 is 2.52 bits per heavy atom. The molecule has 150 valence electrons. The van der Waals surface area contributed by atoms with Crippen molar-refractivity contribution in [2.75, 3.05) is 51.8 Å². The van der Waals surface area contributed by atoms with Gasteiger partial charge in [-0.3, -0.25) is 9.59 Å². The van der Waals surface area contributed by atoms with Gasteiger partial charge < -0.3 is 20.1 Å². The van der Waals surface area contributed by atoms with Gasteiger partial charge in [-0.15, -0.1) is 0 Å². The quantitative estimate of drug-likeness (QED) is 0.607. The van der Waals surface area contributed by atoms with Gasteiger partial charge in [-0.05, 0) is 24.6 Å². The number of carboxylic acids is 1. The van der Waals surface area contributed by atoms with E-state index < -0.39 is 21.9 Å². The molecule has 0 bridgehead atoms. The van der Waals surface area contributed by atoms with Crippen LogP contribution in [0.15, 0.2) is 23.1 Å². The van der Waals surface area contributed by atoms with E-state index in [1.165, 1.54) is 26.2 Å². The van der Waals surface area contributed by atoms with Crippen LogP contribution < -0.4 is 10.2 Å².